The van der Waals surface area contributed by atoms with Crippen molar-refractivity contribution >= 4 is 34.5 Å². The minimum Gasteiger partial charge on any atom is -0.343 e. The maximum Gasteiger partial charge on any atom is 0.405 e. The van der Waals surface area contributed by atoms with E-state index in [1.807, 2.05) is 65.3 Å². The molecule has 0 saturated carbocycles. The summed E-state index contributed by atoms with van der Waals surface area (Å²) in [6.45, 7) is 9.82. The van der Waals surface area contributed by atoms with Gasteiger partial charge in [-0.05, 0) is 80.5 Å². The number of piperidine rings is 1. The summed E-state index contributed by atoms with van der Waals surface area (Å²) in [6.07, 6.45) is 2.74. The van der Waals surface area contributed by atoms with Crippen LogP contribution in [0.3, 0.4) is 0 Å². The number of fused-ring (bicyclic) bond motifs is 1. The molecule has 1 saturated heterocycles. The predicted octanol–water partition coefficient (Wildman–Crippen LogP) is 6.20. The van der Waals surface area contributed by atoms with Crippen LogP contribution in [0.2, 0.25) is 0 Å². The number of aryl methyl sites for hydroxylation is 1. The Morgan fingerprint density at radius 1 is 1.12 bits per heavy atom. The summed E-state index contributed by atoms with van der Waals surface area (Å²) in [5.74, 6) is -0.445. The van der Waals surface area contributed by atoms with Crippen LogP contribution in [0, 0.1) is 12.8 Å². The van der Waals surface area contributed by atoms with Crippen molar-refractivity contribution in [2.24, 2.45) is 10.9 Å². The number of likely N-dealkylation sites (tertiary alicyclic amines) is 1. The summed E-state index contributed by atoms with van der Waals surface area (Å²) in [5, 5.41) is 7.27. The minimum atomic E-state index is -4.47. The molecule has 0 spiro atoms. The van der Waals surface area contributed by atoms with Crippen molar-refractivity contribution < 1.29 is 22.8 Å². The third kappa shape index (κ3) is 7.50. The molecule has 0 bridgehead atoms. The van der Waals surface area contributed by atoms with Crippen molar-refractivity contribution in [1.29, 1.82) is 0 Å². The number of carbonyl (C=O) groups excluding carboxylic acids is 2. The first-order chi connectivity index (χ1) is 19.4. The van der Waals surface area contributed by atoms with Crippen LogP contribution in [-0.4, -0.2) is 58.5 Å². The van der Waals surface area contributed by atoms with Gasteiger partial charge in [-0.1, -0.05) is 24.8 Å². The number of hydrogen-bond donors (Lipinski definition) is 1. The van der Waals surface area contributed by atoms with E-state index in [4.69, 9.17) is 0 Å². The average Bonchev–Trinajstić information content (AvgIpc) is 3.35. The maximum atomic E-state index is 13.1. The maximum absolute atomic E-state index is 13.1. The molecular weight excluding hydrogens is 531 g/mol. The zero-order chi connectivity index (χ0) is 29.7. The smallest absolute Gasteiger partial charge is 0.343 e. The first kappa shape index (κ1) is 29.8. The zero-order valence-electron chi connectivity index (χ0n) is 23.5. The number of aliphatic imine (C=N–C) groups is 1. The van der Waals surface area contributed by atoms with Gasteiger partial charge in [0.05, 0.1) is 5.52 Å². The number of alkyl halides is 3. The molecule has 1 aliphatic rings. The van der Waals surface area contributed by atoms with E-state index < -0.39 is 18.6 Å². The van der Waals surface area contributed by atoms with Crippen LogP contribution < -0.4 is 5.32 Å². The van der Waals surface area contributed by atoms with E-state index in [1.54, 1.807) is 19.2 Å². The number of carbonyl (C=O) groups is 2. The molecule has 41 heavy (non-hydrogen) atoms. The lowest BCUT2D eigenvalue weighted by atomic mass is 9.96. The highest BCUT2D eigenvalue weighted by molar-refractivity contribution is 6.10. The average molecular weight is 566 g/mol. The molecule has 1 aromatic heterocycles. The van der Waals surface area contributed by atoms with Gasteiger partial charge in [-0.25, -0.2) is 0 Å². The Morgan fingerprint density at radius 3 is 2.39 bits per heavy atom. The van der Waals surface area contributed by atoms with E-state index in [0.717, 1.165) is 35.1 Å². The number of aromatic nitrogens is 2. The fraction of sp³-hybridized carbons (Fsp3) is 0.355. The molecule has 4 rings (SSSR count). The van der Waals surface area contributed by atoms with Crippen molar-refractivity contribution in [1.82, 2.24) is 20.0 Å². The lowest BCUT2D eigenvalue weighted by Gasteiger charge is -2.32. The Hall–Kier alpha value is -4.21. The summed E-state index contributed by atoms with van der Waals surface area (Å²) in [6, 6.07) is 10.7. The highest BCUT2D eigenvalue weighted by atomic mass is 19.4. The summed E-state index contributed by atoms with van der Waals surface area (Å²) in [7, 11) is 0. The Kier molecular flexibility index (Phi) is 9.10. The number of benzene rings is 2. The number of halogens is 3. The Morgan fingerprint density at radius 2 is 1.78 bits per heavy atom. The number of nitrogens with one attached hydrogen (secondary N) is 1. The van der Waals surface area contributed by atoms with E-state index in [2.05, 4.69) is 16.7 Å². The van der Waals surface area contributed by atoms with Crippen LogP contribution >= 0.6 is 0 Å². The molecule has 0 unspecified atom stereocenters. The highest BCUT2D eigenvalue weighted by Crippen LogP contribution is 2.25. The number of rotatable bonds is 8. The van der Waals surface area contributed by atoms with Crippen LogP contribution in [0.15, 0.2) is 65.9 Å². The van der Waals surface area contributed by atoms with Gasteiger partial charge in [0.2, 0.25) is 0 Å². The van der Waals surface area contributed by atoms with Gasteiger partial charge < -0.3 is 10.2 Å². The lowest BCUT2D eigenvalue weighted by molar-refractivity contribution is -0.123. The minimum absolute atomic E-state index is 0.00409. The summed E-state index contributed by atoms with van der Waals surface area (Å²) < 4.78 is 39.3. The van der Waals surface area contributed by atoms with Crippen molar-refractivity contribution in [3.05, 3.63) is 83.2 Å². The topological polar surface area (TPSA) is 79.6 Å². The van der Waals surface area contributed by atoms with Crippen molar-refractivity contribution in [3.8, 4) is 0 Å². The summed E-state index contributed by atoms with van der Waals surface area (Å²) in [4.78, 5) is 31.6. The van der Waals surface area contributed by atoms with E-state index >= 15 is 0 Å². The molecule has 0 radical (unpaired) electrons. The van der Waals surface area contributed by atoms with Crippen LogP contribution in [0.5, 0.6) is 0 Å². The quantitative estimate of drug-likeness (QED) is 0.331. The SMILES string of the molecule is C=C(C)/N=C\C(=C/C)c1ccc(C(=O)N2CCC(Cn3cc4c(C)c(C(=O)NCC(F)(F)F)ccc4n3)CC2)cc1. The lowest BCUT2D eigenvalue weighted by Crippen LogP contribution is -2.39. The largest absolute Gasteiger partial charge is 0.405 e. The first-order valence-electron chi connectivity index (χ1n) is 13.5. The van der Waals surface area contributed by atoms with Gasteiger partial charge in [0.15, 0.2) is 0 Å². The molecule has 7 nitrogen and oxygen atoms in total. The molecule has 1 N–H and O–H groups in total. The van der Waals surface area contributed by atoms with Gasteiger partial charge in [-0.3, -0.25) is 19.3 Å². The van der Waals surface area contributed by atoms with E-state index in [0.29, 0.717) is 42.2 Å². The fourth-order valence-corrected chi connectivity index (χ4v) is 4.96. The van der Waals surface area contributed by atoms with Gasteiger partial charge in [-0.2, -0.15) is 18.3 Å². The van der Waals surface area contributed by atoms with Crippen LogP contribution in [0.1, 0.15) is 58.5 Å². The normalized spacial score (nSPS) is 15.1. The summed E-state index contributed by atoms with van der Waals surface area (Å²) >= 11 is 0. The number of hydrogen-bond acceptors (Lipinski definition) is 4. The Bertz CT molecular complexity index is 1490. The second-order valence-corrected chi connectivity index (χ2v) is 10.4. The first-order valence-corrected chi connectivity index (χ1v) is 13.5. The molecule has 0 atom stereocenters. The Balaban J connectivity index is 1.35. The number of allylic oxidation sites excluding steroid dienone is 3. The number of nitrogens with zero attached hydrogens (tertiary/aromatic N) is 4. The van der Waals surface area contributed by atoms with Crippen LogP contribution in [0.25, 0.3) is 16.5 Å². The van der Waals surface area contributed by atoms with Gasteiger partial charge >= 0.3 is 6.18 Å². The Labute approximate surface area is 237 Å². The molecule has 1 fully saturated rings. The van der Waals surface area contributed by atoms with E-state index in [9.17, 15) is 22.8 Å². The van der Waals surface area contributed by atoms with Crippen molar-refractivity contribution in [2.45, 2.75) is 46.3 Å². The molecule has 10 heteroatoms. The van der Waals surface area contributed by atoms with Crippen LogP contribution in [0.4, 0.5) is 13.2 Å². The summed E-state index contributed by atoms with van der Waals surface area (Å²) in [5.41, 5.74) is 4.75. The molecule has 0 aliphatic carbocycles. The second kappa shape index (κ2) is 12.5. The third-order valence-corrected chi connectivity index (χ3v) is 7.25. The molecule has 2 amide bonds. The second-order valence-electron chi connectivity index (χ2n) is 10.4. The van der Waals surface area contributed by atoms with Gasteiger partial charge in [0.1, 0.15) is 6.54 Å². The standard InChI is InChI=1S/C31H34F3N5O2/c1-5-23(16-35-20(2)3)24-6-8-25(9-7-24)30(41)38-14-12-22(13-15-38)17-39-18-27-21(4)26(10-11-28(27)37-39)29(40)36-19-31(32,33)34/h5-11,16,18,22H,2,12-15,17,19H2,1,3-4H3,(H,36,40)/b23-5+,35-16-. The van der Waals surface area contributed by atoms with Crippen molar-refractivity contribution in [2.75, 3.05) is 19.6 Å². The third-order valence-electron chi connectivity index (χ3n) is 7.25. The zero-order valence-corrected chi connectivity index (χ0v) is 23.5. The van der Waals surface area contributed by atoms with Crippen LogP contribution in [-0.2, 0) is 6.54 Å². The fourth-order valence-electron chi connectivity index (χ4n) is 4.96. The molecule has 2 aromatic carbocycles. The van der Waals surface area contributed by atoms with Gasteiger partial charge in [0.25, 0.3) is 11.8 Å². The molecule has 3 aromatic rings. The highest BCUT2D eigenvalue weighted by Gasteiger charge is 2.28. The van der Waals surface area contributed by atoms with Gasteiger partial charge in [-0.15, -0.1) is 0 Å². The van der Waals surface area contributed by atoms with Crippen molar-refractivity contribution in [3.63, 3.8) is 0 Å². The van der Waals surface area contributed by atoms with E-state index in [1.165, 1.54) is 6.07 Å². The monoisotopic (exact) mass is 565 g/mol. The van der Waals surface area contributed by atoms with Gasteiger partial charge in [0, 0.05) is 54.3 Å². The molecule has 2 heterocycles. The molecule has 1 aliphatic heterocycles. The molecule has 216 valence electrons. The number of amides is 2. The molecular formula is C31H34F3N5O2. The van der Waals surface area contributed by atoms with E-state index in [-0.39, 0.29) is 11.5 Å². The predicted molar refractivity (Wildman–Crippen MR) is 155 cm³/mol.